The lowest BCUT2D eigenvalue weighted by molar-refractivity contribution is -0.147. The number of hydrogen-bond donors (Lipinski definition) is 0. The topological polar surface area (TPSA) is 95.4 Å². The van der Waals surface area contributed by atoms with Crippen molar-refractivity contribution in [2.75, 3.05) is 11.5 Å². The minimum Gasteiger partial charge on any atom is -0.465 e. The van der Waals surface area contributed by atoms with E-state index in [1.807, 2.05) is 49.4 Å². The van der Waals surface area contributed by atoms with Crippen LogP contribution < -0.4 is 4.90 Å². The van der Waals surface area contributed by atoms with E-state index in [0.29, 0.717) is 5.69 Å². The van der Waals surface area contributed by atoms with Crippen LogP contribution in [0.2, 0.25) is 0 Å². The molecule has 0 bridgehead atoms. The number of ether oxygens (including phenoxy) is 1. The molecular formula is C19H20N4O3. The maximum Gasteiger partial charge on any atom is 0.324 e. The zero-order chi connectivity index (χ0) is 18.9. The molecule has 1 amide bonds. The number of benzene rings is 2. The van der Waals surface area contributed by atoms with Crippen LogP contribution in [0, 0.1) is 6.92 Å². The zero-order valence-corrected chi connectivity index (χ0v) is 14.7. The summed E-state index contributed by atoms with van der Waals surface area (Å²) in [6.07, 6.45) is 0. The molecule has 0 heterocycles. The second-order valence-electron chi connectivity index (χ2n) is 5.61. The van der Waals surface area contributed by atoms with Gasteiger partial charge in [0.25, 0.3) is 0 Å². The Hall–Kier alpha value is -3.31. The molecule has 1 unspecified atom stereocenters. The summed E-state index contributed by atoms with van der Waals surface area (Å²) in [6.45, 7) is 3.89. The number of esters is 1. The van der Waals surface area contributed by atoms with Gasteiger partial charge in [-0.15, -0.1) is 0 Å². The minimum absolute atomic E-state index is 0.0901. The molecule has 7 nitrogen and oxygen atoms in total. The molecule has 0 aliphatic heterocycles. The Kier molecular flexibility index (Phi) is 6.76. The second-order valence-corrected chi connectivity index (χ2v) is 5.61. The third kappa shape index (κ3) is 4.84. The number of anilines is 1. The van der Waals surface area contributed by atoms with E-state index in [0.717, 1.165) is 11.1 Å². The van der Waals surface area contributed by atoms with Gasteiger partial charge < -0.3 is 9.64 Å². The third-order valence-corrected chi connectivity index (χ3v) is 3.71. The fraction of sp³-hybridized carbons (Fsp3) is 0.263. The van der Waals surface area contributed by atoms with Crippen LogP contribution in [0.5, 0.6) is 0 Å². The van der Waals surface area contributed by atoms with E-state index >= 15 is 0 Å². The lowest BCUT2D eigenvalue weighted by Gasteiger charge is -2.25. The van der Waals surface area contributed by atoms with Gasteiger partial charge in [0.05, 0.1) is 13.2 Å². The van der Waals surface area contributed by atoms with E-state index in [2.05, 4.69) is 10.0 Å². The first kappa shape index (κ1) is 19.0. The van der Waals surface area contributed by atoms with Gasteiger partial charge >= 0.3 is 5.97 Å². The summed E-state index contributed by atoms with van der Waals surface area (Å²) in [6, 6.07) is 15.1. The van der Waals surface area contributed by atoms with Crippen molar-refractivity contribution in [2.24, 2.45) is 5.11 Å². The van der Waals surface area contributed by atoms with Crippen molar-refractivity contribution in [3.05, 3.63) is 76.2 Å². The average molecular weight is 352 g/mol. The molecule has 26 heavy (non-hydrogen) atoms. The Morgan fingerprint density at radius 2 is 1.81 bits per heavy atom. The number of carbonyl (C=O) groups is 2. The number of nitrogens with zero attached hydrogens (tertiary/aromatic N) is 4. The molecule has 0 aromatic heterocycles. The molecule has 0 spiro atoms. The fourth-order valence-corrected chi connectivity index (χ4v) is 2.40. The van der Waals surface area contributed by atoms with Gasteiger partial charge in [0.2, 0.25) is 11.9 Å². The molecule has 2 aromatic carbocycles. The molecule has 134 valence electrons. The molecule has 0 aliphatic rings. The Labute approximate surface area is 151 Å². The molecule has 2 aromatic rings. The number of amides is 1. The van der Waals surface area contributed by atoms with E-state index in [1.165, 1.54) is 4.90 Å². The molecule has 0 saturated heterocycles. The molecule has 0 fully saturated rings. The Bertz CT molecular complexity index is 799. The van der Waals surface area contributed by atoms with Crippen molar-refractivity contribution in [3.8, 4) is 0 Å². The Morgan fingerprint density at radius 1 is 1.15 bits per heavy atom. The van der Waals surface area contributed by atoms with Gasteiger partial charge in [-0.2, -0.15) is 0 Å². The number of aryl methyl sites for hydroxylation is 1. The van der Waals surface area contributed by atoms with Crippen LogP contribution in [0.25, 0.3) is 10.4 Å². The van der Waals surface area contributed by atoms with Crippen LogP contribution in [0.1, 0.15) is 18.1 Å². The lowest BCUT2D eigenvalue weighted by Crippen LogP contribution is -2.42. The van der Waals surface area contributed by atoms with Gasteiger partial charge in [0.1, 0.15) is 0 Å². The molecule has 0 aliphatic carbocycles. The summed E-state index contributed by atoms with van der Waals surface area (Å²) in [5.74, 6) is -1.49. The van der Waals surface area contributed by atoms with Crippen LogP contribution in [0.3, 0.4) is 0 Å². The van der Waals surface area contributed by atoms with Crippen molar-refractivity contribution in [1.29, 1.82) is 0 Å². The third-order valence-electron chi connectivity index (χ3n) is 3.71. The van der Waals surface area contributed by atoms with Gasteiger partial charge in [-0.3, -0.25) is 9.59 Å². The van der Waals surface area contributed by atoms with E-state index < -0.39 is 17.9 Å². The van der Waals surface area contributed by atoms with Crippen molar-refractivity contribution < 1.29 is 14.3 Å². The quantitative estimate of drug-likeness (QED) is 0.249. The molecule has 0 radical (unpaired) electrons. The van der Waals surface area contributed by atoms with E-state index in [1.54, 1.807) is 19.1 Å². The molecule has 1 atom stereocenters. The first-order chi connectivity index (χ1) is 12.6. The molecule has 7 heteroatoms. The van der Waals surface area contributed by atoms with Crippen molar-refractivity contribution in [1.82, 2.24) is 0 Å². The van der Waals surface area contributed by atoms with Crippen LogP contribution in [0.4, 0.5) is 5.69 Å². The minimum atomic E-state index is -1.56. The summed E-state index contributed by atoms with van der Waals surface area (Å²) in [7, 11) is 0. The predicted molar refractivity (Wildman–Crippen MR) is 98.4 cm³/mol. The normalized spacial score (nSPS) is 11.2. The van der Waals surface area contributed by atoms with Crippen LogP contribution in [0.15, 0.2) is 59.7 Å². The van der Waals surface area contributed by atoms with Gasteiger partial charge in [0, 0.05) is 10.6 Å². The number of carbonyl (C=O) groups excluding carboxylic acids is 2. The Morgan fingerprint density at radius 3 is 2.38 bits per heavy atom. The van der Waals surface area contributed by atoms with Crippen LogP contribution >= 0.6 is 0 Å². The fourth-order valence-electron chi connectivity index (χ4n) is 2.40. The maximum atomic E-state index is 13.0. The van der Waals surface area contributed by atoms with Gasteiger partial charge in [0.15, 0.2) is 0 Å². The van der Waals surface area contributed by atoms with Gasteiger partial charge in [-0.1, -0.05) is 53.1 Å². The predicted octanol–water partition coefficient (Wildman–Crippen LogP) is 3.77. The summed E-state index contributed by atoms with van der Waals surface area (Å²) < 4.78 is 4.88. The van der Waals surface area contributed by atoms with Crippen molar-refractivity contribution >= 4 is 17.6 Å². The number of rotatable bonds is 7. The second kappa shape index (κ2) is 9.25. The highest BCUT2D eigenvalue weighted by molar-refractivity contribution is 6.09. The lowest BCUT2D eigenvalue weighted by atomic mass is 10.1. The largest absolute Gasteiger partial charge is 0.465 e. The monoisotopic (exact) mass is 352 g/mol. The molecular weight excluding hydrogens is 332 g/mol. The standard InChI is InChI=1S/C19H20N4O3/c1-3-26-19(25)17(21-22-20)18(24)23(13-15-7-5-4-6-8-15)16-11-9-14(2)10-12-16/h4-12,17H,3,13H2,1-2H3. The SMILES string of the molecule is CCOC(=O)C(N=[N+]=[N-])C(=O)N(Cc1ccccc1)c1ccc(C)cc1. The summed E-state index contributed by atoms with van der Waals surface area (Å²) in [4.78, 5) is 29.1. The van der Waals surface area contributed by atoms with Crippen LogP contribution in [-0.2, 0) is 20.9 Å². The number of hydrogen-bond acceptors (Lipinski definition) is 4. The highest BCUT2D eigenvalue weighted by atomic mass is 16.5. The number of azide groups is 1. The molecule has 0 saturated carbocycles. The highest BCUT2D eigenvalue weighted by Gasteiger charge is 2.32. The summed E-state index contributed by atoms with van der Waals surface area (Å²) in [5, 5.41) is 3.36. The molecule has 0 N–H and O–H groups in total. The average Bonchev–Trinajstić information content (AvgIpc) is 2.65. The Balaban J connectivity index is 2.40. The van der Waals surface area contributed by atoms with Gasteiger partial charge in [-0.05, 0) is 37.1 Å². The first-order valence-corrected chi connectivity index (χ1v) is 8.19. The molecule has 2 rings (SSSR count). The maximum absolute atomic E-state index is 13.0. The van der Waals surface area contributed by atoms with E-state index in [9.17, 15) is 9.59 Å². The highest BCUT2D eigenvalue weighted by Crippen LogP contribution is 2.20. The van der Waals surface area contributed by atoms with Gasteiger partial charge in [-0.25, -0.2) is 0 Å². The van der Waals surface area contributed by atoms with E-state index in [-0.39, 0.29) is 13.2 Å². The van der Waals surface area contributed by atoms with Crippen molar-refractivity contribution in [3.63, 3.8) is 0 Å². The van der Waals surface area contributed by atoms with E-state index in [4.69, 9.17) is 10.3 Å². The summed E-state index contributed by atoms with van der Waals surface area (Å²) >= 11 is 0. The first-order valence-electron chi connectivity index (χ1n) is 8.19. The van der Waals surface area contributed by atoms with Crippen molar-refractivity contribution in [2.45, 2.75) is 26.4 Å². The zero-order valence-electron chi connectivity index (χ0n) is 14.7. The summed E-state index contributed by atoms with van der Waals surface area (Å²) in [5.41, 5.74) is 11.3. The van der Waals surface area contributed by atoms with Crippen LogP contribution in [-0.4, -0.2) is 24.5 Å². The smallest absolute Gasteiger partial charge is 0.324 e.